The molecule has 2 nitrogen and oxygen atoms in total. The second kappa shape index (κ2) is 2.57. The molecule has 0 saturated heterocycles. The first-order valence-electron chi connectivity index (χ1n) is 3.48. The maximum Gasteiger partial charge on any atom is 0.165 e. The van der Waals surface area contributed by atoms with E-state index in [4.69, 9.17) is 0 Å². The van der Waals surface area contributed by atoms with Gasteiger partial charge in [0.1, 0.15) is 0 Å². The predicted molar refractivity (Wildman–Crippen MR) is 40.9 cm³/mol. The second-order valence-electron chi connectivity index (χ2n) is 3.06. The number of aryl methyl sites for hydroxylation is 1. The molecule has 1 rings (SSSR count). The zero-order valence-electron chi connectivity index (χ0n) is 6.93. The van der Waals surface area contributed by atoms with E-state index in [0.717, 1.165) is 5.56 Å². The number of hydrogen-bond acceptors (Lipinski definition) is 2. The van der Waals surface area contributed by atoms with E-state index in [9.17, 15) is 4.39 Å². The Morgan fingerprint density at radius 2 is 1.73 bits per heavy atom. The highest BCUT2D eigenvalue weighted by Gasteiger charge is 2.21. The summed E-state index contributed by atoms with van der Waals surface area (Å²) in [5.74, 6) is 0.239. The van der Waals surface area contributed by atoms with Crippen LogP contribution < -0.4 is 0 Å². The molecule has 0 fully saturated rings. The van der Waals surface area contributed by atoms with Crippen LogP contribution in [0.15, 0.2) is 12.4 Å². The van der Waals surface area contributed by atoms with Gasteiger partial charge in [0.15, 0.2) is 11.5 Å². The first-order valence-corrected chi connectivity index (χ1v) is 3.48. The van der Waals surface area contributed by atoms with Gasteiger partial charge in [-0.25, -0.2) is 14.4 Å². The Bertz CT molecular complexity index is 235. The summed E-state index contributed by atoms with van der Waals surface area (Å²) < 4.78 is 13.1. The van der Waals surface area contributed by atoms with E-state index in [1.807, 2.05) is 6.92 Å². The van der Waals surface area contributed by atoms with Crippen LogP contribution in [0.2, 0.25) is 0 Å². The molecular formula is C8H11FN2. The molecule has 0 atom stereocenters. The summed E-state index contributed by atoms with van der Waals surface area (Å²) in [7, 11) is 0. The van der Waals surface area contributed by atoms with Gasteiger partial charge in [-0.2, -0.15) is 0 Å². The highest BCUT2D eigenvalue weighted by Crippen LogP contribution is 2.19. The lowest BCUT2D eigenvalue weighted by molar-refractivity contribution is 0.206. The Morgan fingerprint density at radius 3 is 2.09 bits per heavy atom. The topological polar surface area (TPSA) is 25.8 Å². The van der Waals surface area contributed by atoms with Gasteiger partial charge in [-0.05, 0) is 26.3 Å². The summed E-state index contributed by atoms with van der Waals surface area (Å²) in [5, 5.41) is 0. The third-order valence-electron chi connectivity index (χ3n) is 1.31. The zero-order chi connectivity index (χ0) is 8.48. The molecule has 3 heteroatoms. The lowest BCUT2D eigenvalue weighted by Crippen LogP contribution is -2.13. The maximum absolute atomic E-state index is 13.1. The third kappa shape index (κ3) is 1.97. The maximum atomic E-state index is 13.1. The third-order valence-corrected chi connectivity index (χ3v) is 1.31. The van der Waals surface area contributed by atoms with Crippen molar-refractivity contribution < 1.29 is 4.39 Å². The van der Waals surface area contributed by atoms with Gasteiger partial charge >= 0.3 is 0 Å². The normalized spacial score (nSPS) is 11.6. The molecule has 0 amide bonds. The summed E-state index contributed by atoms with van der Waals surface area (Å²) in [4.78, 5) is 7.73. The monoisotopic (exact) mass is 154 g/mol. The van der Waals surface area contributed by atoms with Crippen LogP contribution in [-0.2, 0) is 5.67 Å². The van der Waals surface area contributed by atoms with Crippen molar-refractivity contribution in [1.29, 1.82) is 0 Å². The summed E-state index contributed by atoms with van der Waals surface area (Å²) in [6, 6.07) is 0. The fraction of sp³-hybridized carbons (Fsp3) is 0.500. The molecule has 0 aliphatic heterocycles. The van der Waals surface area contributed by atoms with Crippen LogP contribution in [0, 0.1) is 6.92 Å². The van der Waals surface area contributed by atoms with Crippen LogP contribution >= 0.6 is 0 Å². The van der Waals surface area contributed by atoms with Crippen LogP contribution in [0.5, 0.6) is 0 Å². The summed E-state index contributed by atoms with van der Waals surface area (Å²) >= 11 is 0. The van der Waals surface area contributed by atoms with Gasteiger partial charge in [-0.1, -0.05) is 0 Å². The van der Waals surface area contributed by atoms with Crippen molar-refractivity contribution in [3.8, 4) is 0 Å². The summed E-state index contributed by atoms with van der Waals surface area (Å²) in [6.07, 6.45) is 3.23. The van der Waals surface area contributed by atoms with Crippen LogP contribution in [0.25, 0.3) is 0 Å². The SMILES string of the molecule is Cc1cnc(C(C)(C)F)nc1. The van der Waals surface area contributed by atoms with E-state index in [1.54, 1.807) is 12.4 Å². The van der Waals surface area contributed by atoms with Gasteiger partial charge in [-0.15, -0.1) is 0 Å². The van der Waals surface area contributed by atoms with Crippen molar-refractivity contribution in [1.82, 2.24) is 9.97 Å². The number of rotatable bonds is 1. The van der Waals surface area contributed by atoms with Gasteiger partial charge < -0.3 is 0 Å². The van der Waals surface area contributed by atoms with Crippen LogP contribution in [-0.4, -0.2) is 9.97 Å². The van der Waals surface area contributed by atoms with Crippen molar-refractivity contribution in [2.24, 2.45) is 0 Å². The minimum Gasteiger partial charge on any atom is -0.238 e. The zero-order valence-corrected chi connectivity index (χ0v) is 6.93. The van der Waals surface area contributed by atoms with E-state index in [0.29, 0.717) is 0 Å². The number of nitrogens with zero attached hydrogens (tertiary/aromatic N) is 2. The fourth-order valence-electron chi connectivity index (χ4n) is 0.700. The van der Waals surface area contributed by atoms with E-state index in [1.165, 1.54) is 13.8 Å². The van der Waals surface area contributed by atoms with Crippen LogP contribution in [0.1, 0.15) is 25.2 Å². The molecule has 0 unspecified atom stereocenters. The highest BCUT2D eigenvalue weighted by molar-refractivity contribution is 5.05. The van der Waals surface area contributed by atoms with Crippen molar-refractivity contribution in [2.75, 3.05) is 0 Å². The minimum atomic E-state index is -1.44. The first-order chi connectivity index (χ1) is 5.00. The van der Waals surface area contributed by atoms with Crippen molar-refractivity contribution in [3.05, 3.63) is 23.8 Å². The largest absolute Gasteiger partial charge is 0.238 e. The lowest BCUT2D eigenvalue weighted by atomic mass is 10.1. The smallest absolute Gasteiger partial charge is 0.165 e. The molecule has 11 heavy (non-hydrogen) atoms. The van der Waals surface area contributed by atoms with E-state index in [-0.39, 0.29) is 5.82 Å². The molecule has 1 aromatic rings. The Balaban J connectivity index is 2.99. The average Bonchev–Trinajstić information content (AvgIpc) is 1.86. The molecule has 0 spiro atoms. The molecule has 0 aromatic carbocycles. The van der Waals surface area contributed by atoms with Crippen molar-refractivity contribution in [3.63, 3.8) is 0 Å². The fourth-order valence-corrected chi connectivity index (χ4v) is 0.700. The van der Waals surface area contributed by atoms with Crippen LogP contribution in [0.3, 0.4) is 0 Å². The second-order valence-corrected chi connectivity index (χ2v) is 3.06. The predicted octanol–water partition coefficient (Wildman–Crippen LogP) is 1.99. The highest BCUT2D eigenvalue weighted by atomic mass is 19.1. The molecular weight excluding hydrogens is 143 g/mol. The minimum absolute atomic E-state index is 0.239. The van der Waals surface area contributed by atoms with Gasteiger partial charge in [0, 0.05) is 12.4 Å². The molecule has 1 heterocycles. The molecule has 60 valence electrons. The number of aromatic nitrogens is 2. The molecule has 0 saturated carbocycles. The first kappa shape index (κ1) is 8.11. The Morgan fingerprint density at radius 1 is 1.27 bits per heavy atom. The van der Waals surface area contributed by atoms with Crippen molar-refractivity contribution in [2.45, 2.75) is 26.4 Å². The Labute approximate surface area is 65.5 Å². The molecule has 0 aliphatic rings. The van der Waals surface area contributed by atoms with Gasteiger partial charge in [0.2, 0.25) is 0 Å². The van der Waals surface area contributed by atoms with Gasteiger partial charge in [0.25, 0.3) is 0 Å². The number of hydrogen-bond donors (Lipinski definition) is 0. The Kier molecular flexibility index (Phi) is 1.89. The van der Waals surface area contributed by atoms with Crippen LogP contribution in [0.4, 0.5) is 4.39 Å². The number of halogens is 1. The number of alkyl halides is 1. The van der Waals surface area contributed by atoms with Gasteiger partial charge in [-0.3, -0.25) is 0 Å². The average molecular weight is 154 g/mol. The summed E-state index contributed by atoms with van der Waals surface area (Å²) in [5.41, 5.74) is -0.494. The molecule has 0 aliphatic carbocycles. The standard InChI is InChI=1S/C8H11FN2/c1-6-4-10-7(11-5-6)8(2,3)9/h4-5H,1-3H3. The van der Waals surface area contributed by atoms with E-state index < -0.39 is 5.67 Å². The van der Waals surface area contributed by atoms with E-state index >= 15 is 0 Å². The Hall–Kier alpha value is -0.990. The molecule has 0 radical (unpaired) electrons. The molecule has 1 aromatic heterocycles. The summed E-state index contributed by atoms with van der Waals surface area (Å²) in [6.45, 7) is 4.75. The molecule has 0 bridgehead atoms. The lowest BCUT2D eigenvalue weighted by Gasteiger charge is -2.10. The molecule has 0 N–H and O–H groups in total. The quantitative estimate of drug-likeness (QED) is 0.618. The van der Waals surface area contributed by atoms with Crippen molar-refractivity contribution >= 4 is 0 Å². The van der Waals surface area contributed by atoms with E-state index in [2.05, 4.69) is 9.97 Å². The van der Waals surface area contributed by atoms with Gasteiger partial charge in [0.05, 0.1) is 0 Å².